The van der Waals surface area contributed by atoms with Crippen molar-refractivity contribution >= 4 is 0 Å². The average Bonchev–Trinajstić information content (AvgIpc) is 2.85. The minimum Gasteiger partial charge on any atom is -0.314 e. The van der Waals surface area contributed by atoms with Crippen molar-refractivity contribution in [2.24, 2.45) is 0 Å². The Morgan fingerprint density at radius 2 is 2.00 bits per heavy atom. The molecule has 0 amide bonds. The molecule has 0 heterocycles. The van der Waals surface area contributed by atoms with E-state index >= 15 is 0 Å². The zero-order chi connectivity index (χ0) is 12.8. The Labute approximate surface area is 112 Å². The highest BCUT2D eigenvalue weighted by Crippen LogP contribution is 2.23. The van der Waals surface area contributed by atoms with E-state index in [0.717, 1.165) is 6.54 Å². The molecule has 1 aliphatic rings. The molecule has 2 rings (SSSR count). The van der Waals surface area contributed by atoms with Crippen LogP contribution in [0.3, 0.4) is 0 Å². The topological polar surface area (TPSA) is 12.0 Å². The molecule has 1 N–H and O–H groups in total. The first-order valence-corrected chi connectivity index (χ1v) is 7.67. The second kappa shape index (κ2) is 6.94. The number of nitrogens with one attached hydrogen (secondary N) is 1. The van der Waals surface area contributed by atoms with Crippen LogP contribution in [0.2, 0.25) is 0 Å². The van der Waals surface area contributed by atoms with Gasteiger partial charge in [0.2, 0.25) is 0 Å². The molecule has 18 heavy (non-hydrogen) atoms. The number of benzene rings is 1. The molecule has 1 aromatic carbocycles. The Hall–Kier alpha value is -0.820. The second-order valence-corrected chi connectivity index (χ2v) is 5.51. The van der Waals surface area contributed by atoms with Gasteiger partial charge in [-0.2, -0.15) is 0 Å². The molecule has 0 aromatic heterocycles. The molecule has 0 saturated carbocycles. The summed E-state index contributed by atoms with van der Waals surface area (Å²) >= 11 is 0. The van der Waals surface area contributed by atoms with Crippen LogP contribution in [-0.2, 0) is 19.3 Å². The highest BCUT2D eigenvalue weighted by molar-refractivity contribution is 5.35. The number of hydrogen-bond acceptors (Lipinski definition) is 1. The molecule has 0 bridgehead atoms. The maximum atomic E-state index is 3.56. The Morgan fingerprint density at radius 1 is 1.17 bits per heavy atom. The summed E-state index contributed by atoms with van der Waals surface area (Å²) in [6.07, 6.45) is 9.07. The lowest BCUT2D eigenvalue weighted by Crippen LogP contribution is -2.28. The maximum absolute atomic E-state index is 3.56. The van der Waals surface area contributed by atoms with Gasteiger partial charge in [0.25, 0.3) is 0 Å². The fraction of sp³-hybridized carbons (Fsp3) is 0.647. The maximum Gasteiger partial charge on any atom is 0.00644 e. The van der Waals surface area contributed by atoms with Gasteiger partial charge in [0.05, 0.1) is 0 Å². The zero-order valence-corrected chi connectivity index (χ0v) is 12.0. The van der Waals surface area contributed by atoms with Crippen LogP contribution in [0.15, 0.2) is 18.2 Å². The van der Waals surface area contributed by atoms with Gasteiger partial charge < -0.3 is 5.32 Å². The molecule has 0 fully saturated rings. The largest absolute Gasteiger partial charge is 0.314 e. The highest BCUT2D eigenvalue weighted by Gasteiger charge is 2.11. The molecular formula is C17H27N. The van der Waals surface area contributed by atoms with Gasteiger partial charge in [0, 0.05) is 6.04 Å². The van der Waals surface area contributed by atoms with E-state index in [2.05, 4.69) is 37.4 Å². The minimum absolute atomic E-state index is 0.712. The van der Waals surface area contributed by atoms with Gasteiger partial charge in [0.1, 0.15) is 0 Å². The van der Waals surface area contributed by atoms with Crippen molar-refractivity contribution in [1.29, 1.82) is 0 Å². The molecule has 0 saturated heterocycles. The molecule has 1 unspecified atom stereocenters. The van der Waals surface area contributed by atoms with Crippen LogP contribution in [0.1, 0.15) is 56.2 Å². The summed E-state index contributed by atoms with van der Waals surface area (Å²) in [6.45, 7) is 5.57. The quantitative estimate of drug-likeness (QED) is 0.768. The van der Waals surface area contributed by atoms with Crippen LogP contribution >= 0.6 is 0 Å². The summed E-state index contributed by atoms with van der Waals surface area (Å²) < 4.78 is 0. The van der Waals surface area contributed by atoms with Gasteiger partial charge in [-0.05, 0) is 68.2 Å². The summed E-state index contributed by atoms with van der Waals surface area (Å²) in [5.74, 6) is 0. The van der Waals surface area contributed by atoms with Gasteiger partial charge in [-0.3, -0.25) is 0 Å². The first kappa shape index (κ1) is 13.6. The van der Waals surface area contributed by atoms with E-state index in [-0.39, 0.29) is 0 Å². The third kappa shape index (κ3) is 3.58. The summed E-state index contributed by atoms with van der Waals surface area (Å²) in [7, 11) is 0. The Kier molecular flexibility index (Phi) is 5.25. The van der Waals surface area contributed by atoms with E-state index in [1.165, 1.54) is 44.9 Å². The Bertz CT molecular complexity index is 370. The molecule has 1 atom stereocenters. The van der Waals surface area contributed by atoms with Crippen LogP contribution in [0.25, 0.3) is 0 Å². The van der Waals surface area contributed by atoms with E-state index in [9.17, 15) is 0 Å². The fourth-order valence-corrected chi connectivity index (χ4v) is 3.07. The predicted octanol–water partition coefficient (Wildman–Crippen LogP) is 3.89. The lowest BCUT2D eigenvalue weighted by molar-refractivity contribution is 0.467. The van der Waals surface area contributed by atoms with E-state index in [4.69, 9.17) is 0 Å². The smallest absolute Gasteiger partial charge is 0.00644 e. The number of hydrogen-bond donors (Lipinski definition) is 1. The lowest BCUT2D eigenvalue weighted by atomic mass is 10.00. The highest BCUT2D eigenvalue weighted by atomic mass is 14.9. The van der Waals surface area contributed by atoms with Crippen LogP contribution in [0.5, 0.6) is 0 Å². The summed E-state index contributed by atoms with van der Waals surface area (Å²) in [4.78, 5) is 0. The lowest BCUT2D eigenvalue weighted by Gasteiger charge is -2.15. The van der Waals surface area contributed by atoms with E-state index in [1.54, 1.807) is 16.7 Å². The van der Waals surface area contributed by atoms with Crippen molar-refractivity contribution in [3.8, 4) is 0 Å². The molecule has 0 spiro atoms. The number of rotatable bonds is 7. The van der Waals surface area contributed by atoms with Crippen molar-refractivity contribution < 1.29 is 0 Å². The molecule has 1 heteroatoms. The van der Waals surface area contributed by atoms with E-state index < -0.39 is 0 Å². The van der Waals surface area contributed by atoms with Crippen molar-refractivity contribution in [2.75, 3.05) is 6.54 Å². The monoisotopic (exact) mass is 245 g/mol. The van der Waals surface area contributed by atoms with Crippen molar-refractivity contribution in [3.63, 3.8) is 0 Å². The number of aryl methyl sites for hydroxylation is 3. The van der Waals surface area contributed by atoms with Crippen molar-refractivity contribution in [1.82, 2.24) is 5.32 Å². The van der Waals surface area contributed by atoms with E-state index in [1.807, 2.05) is 0 Å². The van der Waals surface area contributed by atoms with Crippen molar-refractivity contribution in [2.45, 2.75) is 64.8 Å². The first-order valence-electron chi connectivity index (χ1n) is 7.67. The third-order valence-electron chi connectivity index (χ3n) is 4.17. The molecule has 1 aromatic rings. The predicted molar refractivity (Wildman–Crippen MR) is 79.2 cm³/mol. The molecule has 1 nitrogen and oxygen atoms in total. The Balaban J connectivity index is 1.79. The summed E-state index contributed by atoms with van der Waals surface area (Å²) in [6, 6.07) is 7.87. The third-order valence-corrected chi connectivity index (χ3v) is 4.17. The minimum atomic E-state index is 0.712. The molecular weight excluding hydrogens is 218 g/mol. The van der Waals surface area contributed by atoms with Gasteiger partial charge >= 0.3 is 0 Å². The van der Waals surface area contributed by atoms with E-state index in [0.29, 0.717) is 6.04 Å². The molecule has 0 radical (unpaired) electrons. The number of fused-ring (bicyclic) bond motifs is 1. The molecule has 100 valence electrons. The summed E-state index contributed by atoms with van der Waals surface area (Å²) in [5.41, 5.74) is 4.76. The molecule has 0 aliphatic heterocycles. The Morgan fingerprint density at radius 3 is 2.78 bits per heavy atom. The average molecular weight is 245 g/mol. The van der Waals surface area contributed by atoms with Crippen LogP contribution in [0.4, 0.5) is 0 Å². The zero-order valence-electron chi connectivity index (χ0n) is 12.0. The fourth-order valence-electron chi connectivity index (χ4n) is 3.07. The van der Waals surface area contributed by atoms with Gasteiger partial charge in [-0.25, -0.2) is 0 Å². The van der Waals surface area contributed by atoms with Gasteiger partial charge in [-0.15, -0.1) is 0 Å². The normalized spacial score (nSPS) is 15.7. The van der Waals surface area contributed by atoms with Crippen molar-refractivity contribution in [3.05, 3.63) is 34.9 Å². The van der Waals surface area contributed by atoms with Crippen LogP contribution in [0, 0.1) is 0 Å². The van der Waals surface area contributed by atoms with Crippen LogP contribution < -0.4 is 5.32 Å². The van der Waals surface area contributed by atoms with Gasteiger partial charge in [0.15, 0.2) is 0 Å². The standard InChI is InChI=1S/C17H27N/c1-3-17(18-4-2)10-5-7-14-11-12-15-8-6-9-16(15)13-14/h11-13,17-18H,3-10H2,1-2H3. The summed E-state index contributed by atoms with van der Waals surface area (Å²) in [5, 5.41) is 3.56. The second-order valence-electron chi connectivity index (χ2n) is 5.51. The first-order chi connectivity index (χ1) is 8.83. The molecule has 1 aliphatic carbocycles. The SMILES string of the molecule is CCNC(CC)CCCc1ccc2c(c1)CCC2. The van der Waals surface area contributed by atoms with Crippen LogP contribution in [-0.4, -0.2) is 12.6 Å². The van der Waals surface area contributed by atoms with Gasteiger partial charge in [-0.1, -0.05) is 32.0 Å².